The molecular formula is C18H34N4O6S9. The lowest BCUT2D eigenvalue weighted by atomic mass is 10.9. The second kappa shape index (κ2) is 30.2. The molecule has 0 heterocycles. The molecule has 0 bridgehead atoms. The van der Waals surface area contributed by atoms with Crippen molar-refractivity contribution in [2.45, 2.75) is 0 Å². The van der Waals surface area contributed by atoms with Crippen molar-refractivity contribution in [3.63, 3.8) is 0 Å². The van der Waals surface area contributed by atoms with Crippen LogP contribution in [-0.2, 0) is 22.4 Å². The molecule has 0 fully saturated rings. The van der Waals surface area contributed by atoms with Gasteiger partial charge in [0.05, 0.1) is 41.8 Å². The molecule has 2 unspecified atom stereocenters. The molecule has 0 aliphatic heterocycles. The number of nitrogens with one attached hydrogen (secondary N) is 2. The van der Waals surface area contributed by atoms with Crippen LogP contribution in [0, 0.1) is 0 Å². The van der Waals surface area contributed by atoms with Crippen molar-refractivity contribution < 1.29 is 28.9 Å². The van der Waals surface area contributed by atoms with Gasteiger partial charge >= 0.3 is 0 Å². The zero-order chi connectivity index (χ0) is 27.4. The summed E-state index contributed by atoms with van der Waals surface area (Å²) in [6.45, 7) is 0.271. The molecule has 4 N–H and O–H groups in total. The van der Waals surface area contributed by atoms with Gasteiger partial charge in [0, 0.05) is 39.9 Å². The topological polar surface area (TPSA) is 169 Å². The Bertz CT molecular complexity index is 628. The first-order chi connectivity index (χ1) is 18.0. The monoisotopic (exact) mass is 690 g/mol. The number of aliphatic imine (C=N–C) groups is 2. The molecule has 0 spiro atoms. The summed E-state index contributed by atoms with van der Waals surface area (Å²) in [5.74, 6) is 5.68. The minimum atomic E-state index is -1.23. The first-order valence-corrected chi connectivity index (χ1v) is 21.2. The summed E-state index contributed by atoms with van der Waals surface area (Å²) in [6.07, 6.45) is 0. The average Bonchev–Trinajstić information content (AvgIpc) is 2.88. The maximum atomic E-state index is 11.9. The fourth-order valence-electron chi connectivity index (χ4n) is 1.71. The van der Waals surface area contributed by atoms with Crippen molar-refractivity contribution >= 4 is 126 Å². The third kappa shape index (κ3) is 30.1. The zero-order valence-electron chi connectivity index (χ0n) is 20.2. The second-order valence-corrected chi connectivity index (χ2v) is 16.8. The van der Waals surface area contributed by atoms with Crippen molar-refractivity contribution in [2.75, 3.05) is 81.4 Å². The summed E-state index contributed by atoms with van der Waals surface area (Å²) in [7, 11) is 0. The van der Waals surface area contributed by atoms with Crippen LogP contribution in [0.2, 0.25) is 0 Å². The van der Waals surface area contributed by atoms with E-state index in [4.69, 9.17) is 10.2 Å². The summed E-state index contributed by atoms with van der Waals surface area (Å²) >= 11 is 7.31. The lowest BCUT2D eigenvalue weighted by Gasteiger charge is -2.06. The highest BCUT2D eigenvalue weighted by Crippen LogP contribution is 2.15. The number of aliphatic hydroxyl groups excluding tert-OH is 2. The number of thioether (sulfide) groups is 7. The molecule has 0 rings (SSSR count). The highest BCUT2D eigenvalue weighted by molar-refractivity contribution is 8.27. The van der Waals surface area contributed by atoms with Crippen LogP contribution in [0.5, 0.6) is 0 Å². The first-order valence-electron chi connectivity index (χ1n) is 10.7. The molecule has 37 heavy (non-hydrogen) atoms. The molecule has 19 heteroatoms. The summed E-state index contributed by atoms with van der Waals surface area (Å²) in [5.41, 5.74) is 2.81. The molecule has 0 radical (unpaired) electrons. The van der Waals surface area contributed by atoms with E-state index in [9.17, 15) is 18.7 Å². The number of amides is 2. The molecule has 0 aliphatic rings. The van der Waals surface area contributed by atoms with E-state index in [2.05, 4.69) is 20.6 Å². The van der Waals surface area contributed by atoms with Crippen molar-refractivity contribution in [3.05, 3.63) is 0 Å². The molecule has 0 aromatic heterocycles. The van der Waals surface area contributed by atoms with Gasteiger partial charge in [0.25, 0.3) is 10.5 Å². The normalized spacial score (nSPS) is 13.3. The molecule has 2 amide bonds. The van der Waals surface area contributed by atoms with Crippen LogP contribution >= 0.6 is 82.3 Å². The van der Waals surface area contributed by atoms with Crippen molar-refractivity contribution in [2.24, 2.45) is 9.98 Å². The minimum Gasteiger partial charge on any atom is -0.611 e. The van der Waals surface area contributed by atoms with Crippen LogP contribution in [0.15, 0.2) is 9.98 Å². The van der Waals surface area contributed by atoms with Crippen LogP contribution in [0.3, 0.4) is 0 Å². The number of carbonyl (C=O) groups is 2. The zero-order valence-corrected chi connectivity index (χ0v) is 27.5. The van der Waals surface area contributed by atoms with Gasteiger partial charge in [-0.15, -0.1) is 23.5 Å². The highest BCUT2D eigenvalue weighted by Gasteiger charge is 2.07. The molecule has 10 nitrogen and oxygen atoms in total. The first kappa shape index (κ1) is 38.3. The van der Waals surface area contributed by atoms with E-state index in [0.717, 1.165) is 17.5 Å². The Morgan fingerprint density at radius 1 is 0.730 bits per heavy atom. The van der Waals surface area contributed by atoms with Crippen LogP contribution in [-0.4, -0.2) is 122 Å². The van der Waals surface area contributed by atoms with E-state index in [1.165, 1.54) is 58.1 Å². The van der Waals surface area contributed by atoms with E-state index in [0.29, 0.717) is 62.4 Å². The predicted molar refractivity (Wildman–Crippen MR) is 176 cm³/mol. The lowest BCUT2D eigenvalue weighted by molar-refractivity contribution is 0.261. The van der Waals surface area contributed by atoms with Gasteiger partial charge in [-0.3, -0.25) is 9.59 Å². The van der Waals surface area contributed by atoms with Gasteiger partial charge in [-0.2, -0.15) is 23.5 Å². The summed E-state index contributed by atoms with van der Waals surface area (Å²) < 4.78 is 23.6. The molecule has 216 valence electrons. The van der Waals surface area contributed by atoms with Gasteiger partial charge < -0.3 is 30.0 Å². The highest BCUT2D eigenvalue weighted by atomic mass is 32.3. The Balaban J connectivity index is 3.57. The van der Waals surface area contributed by atoms with Crippen LogP contribution in [0.1, 0.15) is 0 Å². The van der Waals surface area contributed by atoms with Gasteiger partial charge in [0.2, 0.25) is 11.1 Å². The van der Waals surface area contributed by atoms with Gasteiger partial charge in [-0.25, -0.2) is 9.98 Å². The maximum Gasteiger partial charge on any atom is 0.280 e. The maximum absolute atomic E-state index is 11.9. The summed E-state index contributed by atoms with van der Waals surface area (Å²) in [5, 5.41) is 23.4. The molecule has 2 atom stereocenters. The summed E-state index contributed by atoms with van der Waals surface area (Å²) in [6, 6.07) is 0. The summed E-state index contributed by atoms with van der Waals surface area (Å²) in [4.78, 5) is 31.6. The Hall–Kier alpha value is 1.27. The fourth-order valence-corrected chi connectivity index (χ4v) is 9.36. The number of hydrogen-bond acceptors (Lipinski definition) is 15. The Labute approximate surface area is 255 Å². The predicted octanol–water partition coefficient (Wildman–Crippen LogP) is 2.82. The van der Waals surface area contributed by atoms with Crippen LogP contribution in [0.25, 0.3) is 0 Å². The van der Waals surface area contributed by atoms with E-state index < -0.39 is 22.4 Å². The number of nitrogens with zero attached hydrogens (tertiary/aromatic N) is 2. The van der Waals surface area contributed by atoms with Crippen molar-refractivity contribution in [3.8, 4) is 0 Å². The Morgan fingerprint density at radius 2 is 1.30 bits per heavy atom. The lowest BCUT2D eigenvalue weighted by Crippen LogP contribution is -2.18. The third-order valence-corrected chi connectivity index (χ3v) is 12.3. The van der Waals surface area contributed by atoms with Gasteiger partial charge in [0.15, 0.2) is 5.08 Å². The molecule has 0 aliphatic carbocycles. The van der Waals surface area contributed by atoms with Crippen molar-refractivity contribution in [1.82, 2.24) is 10.6 Å². The SMILES string of the molecule is O=C(NCSC/N=C/[S+]([O-])CSCSC(=O)NCSC/N=C/[S+]([O-])CCSCCO)SCCSCCO. The third-order valence-electron chi connectivity index (χ3n) is 3.19. The van der Waals surface area contributed by atoms with Crippen LogP contribution in [0.4, 0.5) is 9.59 Å². The largest absolute Gasteiger partial charge is 0.611 e. The number of carbonyl (C=O) groups excluding carboxylic acids is 2. The van der Waals surface area contributed by atoms with E-state index in [1.54, 1.807) is 23.5 Å². The van der Waals surface area contributed by atoms with E-state index in [-0.39, 0.29) is 23.7 Å². The molecule has 0 aromatic carbocycles. The van der Waals surface area contributed by atoms with E-state index in [1.807, 2.05) is 0 Å². The number of aliphatic hydroxyl groups is 2. The molecule has 0 saturated heterocycles. The fraction of sp³-hybridized carbons (Fsp3) is 0.778. The molecular weight excluding hydrogens is 657 g/mol. The van der Waals surface area contributed by atoms with Crippen molar-refractivity contribution in [1.29, 1.82) is 0 Å². The Kier molecular flexibility index (Phi) is 31.3. The molecule has 0 aromatic rings. The van der Waals surface area contributed by atoms with E-state index >= 15 is 0 Å². The quantitative estimate of drug-likeness (QED) is 0.0384. The standard InChI is InChI=1S/C18H34N4O6S9/c23-1-3-29-5-6-34-17(25)21-11-32-10-20-14-37(28)16-33-15-35-18(26)22-12-31-9-19-13-36(27)8-7-30-4-2-24/h13-14,23-24H,1-12,15-16H2,(H,21,25)(H,22,26)/b19-13+,20-14+. The van der Waals surface area contributed by atoms with Gasteiger partial charge in [-0.1, -0.05) is 35.3 Å². The van der Waals surface area contributed by atoms with Gasteiger partial charge in [0.1, 0.15) is 5.75 Å². The second-order valence-electron chi connectivity index (χ2n) is 6.03. The smallest absolute Gasteiger partial charge is 0.280 e. The van der Waals surface area contributed by atoms with Gasteiger partial charge in [-0.05, 0) is 11.2 Å². The number of hydrogen-bond donors (Lipinski definition) is 4. The Morgan fingerprint density at radius 3 is 1.92 bits per heavy atom. The van der Waals surface area contributed by atoms with Crippen LogP contribution < -0.4 is 10.6 Å². The number of rotatable bonds is 24. The minimum absolute atomic E-state index is 0.0937. The molecule has 0 saturated carbocycles. The average molecular weight is 691 g/mol.